The Hall–Kier alpha value is -1.52. The summed E-state index contributed by atoms with van der Waals surface area (Å²) in [7, 11) is 0. The van der Waals surface area contributed by atoms with Crippen molar-refractivity contribution < 1.29 is 23.8 Å². The van der Waals surface area contributed by atoms with E-state index in [2.05, 4.69) is 4.74 Å². The average molecular weight is 216 g/mol. The molecule has 0 bridgehead atoms. The number of ether oxygens (including phenoxy) is 3. The minimum Gasteiger partial charge on any atom is -0.463 e. The van der Waals surface area contributed by atoms with Gasteiger partial charge >= 0.3 is 12.1 Å². The Kier molecular flexibility index (Phi) is 7.05. The number of esters is 1. The van der Waals surface area contributed by atoms with Crippen LogP contribution >= 0.6 is 0 Å². The zero-order valence-electron chi connectivity index (χ0n) is 9.19. The van der Waals surface area contributed by atoms with Crippen LogP contribution in [-0.2, 0) is 19.0 Å². The van der Waals surface area contributed by atoms with Gasteiger partial charge in [0.15, 0.2) is 0 Å². The number of carbonyl (C=O) groups excluding carboxylic acids is 2. The van der Waals surface area contributed by atoms with Gasteiger partial charge in [-0.3, -0.25) is 0 Å². The van der Waals surface area contributed by atoms with E-state index in [9.17, 15) is 9.59 Å². The van der Waals surface area contributed by atoms with Crippen LogP contribution in [0.3, 0.4) is 0 Å². The predicted octanol–water partition coefficient (Wildman–Crippen LogP) is 1.67. The van der Waals surface area contributed by atoms with Crippen LogP contribution in [-0.4, -0.2) is 31.4 Å². The van der Waals surface area contributed by atoms with Crippen molar-refractivity contribution >= 4 is 12.1 Å². The van der Waals surface area contributed by atoms with Gasteiger partial charge in [0.05, 0.1) is 13.2 Å². The van der Waals surface area contributed by atoms with Gasteiger partial charge < -0.3 is 14.2 Å². The molecule has 0 spiro atoms. The fourth-order valence-electron chi connectivity index (χ4n) is 0.821. The lowest BCUT2D eigenvalue weighted by molar-refractivity contribution is -0.151. The molecule has 0 unspecified atom stereocenters. The summed E-state index contributed by atoms with van der Waals surface area (Å²) in [4.78, 5) is 22.2. The van der Waals surface area contributed by atoms with E-state index in [-0.39, 0.29) is 13.2 Å². The van der Waals surface area contributed by atoms with Crippen molar-refractivity contribution in [3.8, 4) is 0 Å². The highest BCUT2D eigenvalue weighted by Crippen LogP contribution is 2.01. The van der Waals surface area contributed by atoms with Crippen LogP contribution in [0.2, 0.25) is 0 Å². The summed E-state index contributed by atoms with van der Waals surface area (Å²) < 4.78 is 14.0. The average Bonchev–Trinajstić information content (AvgIpc) is 2.18. The maximum Gasteiger partial charge on any atom is 0.509 e. The summed E-state index contributed by atoms with van der Waals surface area (Å²) in [6.45, 7) is 5.47. The molecule has 1 atom stereocenters. The SMILES string of the molecule is C/C=C/[C@@H](OC(=O)OCC)C(=O)OCC. The number of carbonyl (C=O) groups is 2. The van der Waals surface area contributed by atoms with Crippen molar-refractivity contribution in [2.75, 3.05) is 13.2 Å². The minimum absolute atomic E-state index is 0.199. The molecule has 5 heteroatoms. The predicted molar refractivity (Wildman–Crippen MR) is 53.3 cm³/mol. The summed E-state index contributed by atoms with van der Waals surface area (Å²) in [5.41, 5.74) is 0. The maximum atomic E-state index is 11.3. The normalized spacial score (nSPS) is 12.2. The molecule has 0 saturated heterocycles. The highest BCUT2D eigenvalue weighted by molar-refractivity contribution is 5.79. The van der Waals surface area contributed by atoms with E-state index in [4.69, 9.17) is 9.47 Å². The third kappa shape index (κ3) is 5.72. The molecule has 0 radical (unpaired) electrons. The monoisotopic (exact) mass is 216 g/mol. The zero-order chi connectivity index (χ0) is 11.7. The smallest absolute Gasteiger partial charge is 0.463 e. The second-order valence-corrected chi connectivity index (χ2v) is 2.50. The highest BCUT2D eigenvalue weighted by Gasteiger charge is 2.21. The molecule has 0 N–H and O–H groups in total. The summed E-state index contributed by atoms with van der Waals surface area (Å²) in [6.07, 6.45) is 1.11. The van der Waals surface area contributed by atoms with Crippen molar-refractivity contribution in [1.29, 1.82) is 0 Å². The van der Waals surface area contributed by atoms with Crippen LogP contribution in [0.15, 0.2) is 12.2 Å². The molecule has 0 fully saturated rings. The van der Waals surface area contributed by atoms with Gasteiger partial charge in [-0.2, -0.15) is 0 Å². The second kappa shape index (κ2) is 7.84. The van der Waals surface area contributed by atoms with Crippen LogP contribution in [0.1, 0.15) is 20.8 Å². The topological polar surface area (TPSA) is 61.8 Å². The Bertz CT molecular complexity index is 234. The molecular weight excluding hydrogens is 200 g/mol. The van der Waals surface area contributed by atoms with Gasteiger partial charge in [0.2, 0.25) is 6.10 Å². The Morgan fingerprint density at radius 1 is 1.20 bits per heavy atom. The van der Waals surface area contributed by atoms with Crippen LogP contribution in [0, 0.1) is 0 Å². The summed E-state index contributed by atoms with van der Waals surface area (Å²) in [5, 5.41) is 0. The van der Waals surface area contributed by atoms with E-state index in [1.807, 2.05) is 0 Å². The van der Waals surface area contributed by atoms with Crippen molar-refractivity contribution in [3.05, 3.63) is 12.2 Å². The standard InChI is InChI=1S/C10H16O5/c1-4-7-8(9(11)13-5-2)15-10(12)14-6-3/h4,7-8H,5-6H2,1-3H3/b7-4+/t8-/m1/s1. The Balaban J connectivity index is 4.26. The van der Waals surface area contributed by atoms with Gasteiger partial charge in [0.25, 0.3) is 0 Å². The highest BCUT2D eigenvalue weighted by atomic mass is 16.7. The van der Waals surface area contributed by atoms with Gasteiger partial charge in [-0.05, 0) is 26.8 Å². The molecule has 0 amide bonds. The minimum atomic E-state index is -1.03. The first kappa shape index (κ1) is 13.5. The summed E-state index contributed by atoms with van der Waals surface area (Å²) >= 11 is 0. The van der Waals surface area contributed by atoms with E-state index < -0.39 is 18.2 Å². The molecule has 0 rings (SSSR count). The van der Waals surface area contributed by atoms with E-state index in [0.717, 1.165) is 0 Å². The van der Waals surface area contributed by atoms with Crippen molar-refractivity contribution in [2.45, 2.75) is 26.9 Å². The van der Waals surface area contributed by atoms with Crippen molar-refractivity contribution in [2.24, 2.45) is 0 Å². The molecule has 0 aliphatic rings. The number of rotatable bonds is 5. The van der Waals surface area contributed by atoms with Crippen LogP contribution < -0.4 is 0 Å². The molecule has 0 aliphatic carbocycles. The van der Waals surface area contributed by atoms with Crippen molar-refractivity contribution in [1.82, 2.24) is 0 Å². The lowest BCUT2D eigenvalue weighted by Gasteiger charge is -2.12. The Morgan fingerprint density at radius 2 is 1.80 bits per heavy atom. The third-order valence-electron chi connectivity index (χ3n) is 1.37. The van der Waals surface area contributed by atoms with Crippen LogP contribution in [0.5, 0.6) is 0 Å². The van der Waals surface area contributed by atoms with Crippen molar-refractivity contribution in [3.63, 3.8) is 0 Å². The Morgan fingerprint density at radius 3 is 2.27 bits per heavy atom. The molecule has 15 heavy (non-hydrogen) atoms. The van der Waals surface area contributed by atoms with E-state index in [0.29, 0.717) is 0 Å². The number of hydrogen-bond donors (Lipinski definition) is 0. The van der Waals surface area contributed by atoms with E-state index in [1.165, 1.54) is 6.08 Å². The molecule has 0 heterocycles. The Labute approximate surface area is 89.0 Å². The molecule has 0 saturated carbocycles. The third-order valence-corrected chi connectivity index (χ3v) is 1.37. The molecular formula is C10H16O5. The lowest BCUT2D eigenvalue weighted by atomic mass is 10.3. The van der Waals surface area contributed by atoms with Gasteiger partial charge in [0.1, 0.15) is 0 Å². The first-order valence-electron chi connectivity index (χ1n) is 4.78. The van der Waals surface area contributed by atoms with E-state index in [1.54, 1.807) is 26.8 Å². The summed E-state index contributed by atoms with van der Waals surface area (Å²) in [6, 6.07) is 0. The molecule has 86 valence electrons. The quantitative estimate of drug-likeness (QED) is 0.516. The van der Waals surface area contributed by atoms with Crippen LogP contribution in [0.25, 0.3) is 0 Å². The molecule has 0 aromatic rings. The van der Waals surface area contributed by atoms with Gasteiger partial charge in [-0.25, -0.2) is 9.59 Å². The molecule has 0 aromatic carbocycles. The summed E-state index contributed by atoms with van der Waals surface area (Å²) in [5.74, 6) is -0.608. The fraction of sp³-hybridized carbons (Fsp3) is 0.600. The second-order valence-electron chi connectivity index (χ2n) is 2.50. The molecule has 0 aliphatic heterocycles. The molecule has 5 nitrogen and oxygen atoms in total. The maximum absolute atomic E-state index is 11.3. The first-order chi connectivity index (χ1) is 7.15. The fourth-order valence-corrected chi connectivity index (χ4v) is 0.821. The van der Waals surface area contributed by atoms with Crippen LogP contribution in [0.4, 0.5) is 4.79 Å². The zero-order valence-corrected chi connectivity index (χ0v) is 9.19. The largest absolute Gasteiger partial charge is 0.509 e. The number of hydrogen-bond acceptors (Lipinski definition) is 5. The van der Waals surface area contributed by atoms with E-state index >= 15 is 0 Å². The number of allylic oxidation sites excluding steroid dienone is 1. The lowest BCUT2D eigenvalue weighted by Crippen LogP contribution is -2.27. The van der Waals surface area contributed by atoms with Gasteiger partial charge in [-0.1, -0.05) is 6.08 Å². The van der Waals surface area contributed by atoms with Gasteiger partial charge in [-0.15, -0.1) is 0 Å². The molecule has 0 aromatic heterocycles. The first-order valence-corrected chi connectivity index (χ1v) is 4.78. The van der Waals surface area contributed by atoms with Gasteiger partial charge in [0, 0.05) is 0 Å².